The lowest BCUT2D eigenvalue weighted by Crippen LogP contribution is -2.31. The number of imide groups is 1. The first-order valence-corrected chi connectivity index (χ1v) is 10.7. The average molecular weight is 458 g/mol. The predicted molar refractivity (Wildman–Crippen MR) is 127 cm³/mol. The third-order valence-corrected chi connectivity index (χ3v) is 5.49. The lowest BCUT2D eigenvalue weighted by Gasteiger charge is -2.15. The maximum absolute atomic E-state index is 12.6. The summed E-state index contributed by atoms with van der Waals surface area (Å²) in [7, 11) is 0. The molecule has 1 aliphatic rings. The molecule has 0 fully saturated rings. The maximum Gasteiger partial charge on any atom is 0.282 e. The van der Waals surface area contributed by atoms with Gasteiger partial charge in [-0.3, -0.25) is 29.4 Å². The van der Waals surface area contributed by atoms with E-state index in [2.05, 4.69) is 10.6 Å². The summed E-state index contributed by atoms with van der Waals surface area (Å²) in [6.45, 7) is 1.99. The molecule has 3 aromatic carbocycles. The maximum atomic E-state index is 12.6. The smallest absolute Gasteiger partial charge is 0.282 e. The van der Waals surface area contributed by atoms with Crippen LogP contribution in [0.15, 0.2) is 66.7 Å². The molecule has 0 unspecified atom stereocenters. The van der Waals surface area contributed by atoms with E-state index in [1.165, 1.54) is 18.2 Å². The standard InChI is InChI=1S/C25H22N4O5/c1-16-11-13-17(14-12-16)26-19-7-2-3-8-20(19)27-22(30)10-5-15-28-24(31)18-6-4-9-21(29(33)34)23(18)25(28)32/h2-4,6-9,11-14,26H,5,10,15H2,1H3,(H,27,30). The van der Waals surface area contributed by atoms with Crippen LogP contribution in [0, 0.1) is 17.0 Å². The van der Waals surface area contributed by atoms with Gasteiger partial charge >= 0.3 is 0 Å². The van der Waals surface area contributed by atoms with Gasteiger partial charge in [-0.1, -0.05) is 35.9 Å². The number of nitrogens with one attached hydrogen (secondary N) is 2. The van der Waals surface area contributed by atoms with Crippen LogP contribution in [0.25, 0.3) is 0 Å². The number of carbonyl (C=O) groups excluding carboxylic acids is 3. The van der Waals surface area contributed by atoms with E-state index < -0.39 is 22.4 Å². The number of hydrogen-bond donors (Lipinski definition) is 2. The monoisotopic (exact) mass is 458 g/mol. The molecule has 172 valence electrons. The average Bonchev–Trinajstić information content (AvgIpc) is 3.06. The van der Waals surface area contributed by atoms with Crippen molar-refractivity contribution >= 4 is 40.5 Å². The van der Waals surface area contributed by atoms with Gasteiger partial charge in [0.1, 0.15) is 5.56 Å². The molecule has 9 nitrogen and oxygen atoms in total. The third kappa shape index (κ3) is 4.63. The van der Waals surface area contributed by atoms with Crippen LogP contribution in [0.2, 0.25) is 0 Å². The number of anilines is 3. The quantitative estimate of drug-likeness (QED) is 0.288. The van der Waals surface area contributed by atoms with Gasteiger partial charge in [0.2, 0.25) is 5.91 Å². The molecule has 1 aliphatic heterocycles. The second kappa shape index (κ2) is 9.53. The Morgan fingerprint density at radius 1 is 0.941 bits per heavy atom. The molecule has 9 heteroatoms. The summed E-state index contributed by atoms with van der Waals surface area (Å²) >= 11 is 0. The van der Waals surface area contributed by atoms with Crippen LogP contribution in [0.5, 0.6) is 0 Å². The van der Waals surface area contributed by atoms with Crippen molar-refractivity contribution in [2.75, 3.05) is 17.2 Å². The van der Waals surface area contributed by atoms with Gasteiger partial charge in [0.25, 0.3) is 17.5 Å². The predicted octanol–water partition coefficient (Wildman–Crippen LogP) is 4.66. The molecule has 0 aromatic heterocycles. The highest BCUT2D eigenvalue weighted by atomic mass is 16.6. The highest BCUT2D eigenvalue weighted by Gasteiger charge is 2.40. The summed E-state index contributed by atoms with van der Waals surface area (Å²) in [6.07, 6.45) is 0.285. The van der Waals surface area contributed by atoms with Gasteiger partial charge in [0, 0.05) is 24.7 Å². The summed E-state index contributed by atoms with van der Waals surface area (Å²) in [4.78, 5) is 49.2. The number of nitrogens with zero attached hydrogens (tertiary/aromatic N) is 2. The highest BCUT2D eigenvalue weighted by Crippen LogP contribution is 2.31. The fourth-order valence-electron chi connectivity index (χ4n) is 3.77. The Labute approximate surface area is 195 Å². The zero-order valence-corrected chi connectivity index (χ0v) is 18.4. The largest absolute Gasteiger partial charge is 0.354 e. The molecule has 0 saturated heterocycles. The number of nitro benzene ring substituents is 1. The molecule has 4 rings (SSSR count). The number of fused-ring (bicyclic) bond motifs is 1. The molecule has 1 heterocycles. The summed E-state index contributed by atoms with van der Waals surface area (Å²) in [5.74, 6) is -1.57. The molecular formula is C25H22N4O5. The first kappa shape index (κ1) is 22.7. The number of aryl methyl sites for hydroxylation is 1. The van der Waals surface area contributed by atoms with Gasteiger partial charge in [-0.05, 0) is 43.7 Å². The SMILES string of the molecule is Cc1ccc(Nc2ccccc2NC(=O)CCCN2C(=O)c3cccc([N+](=O)[O-])c3C2=O)cc1. The number of para-hydroxylation sites is 2. The van der Waals surface area contributed by atoms with Crippen molar-refractivity contribution in [2.24, 2.45) is 0 Å². The van der Waals surface area contributed by atoms with Gasteiger partial charge in [0.15, 0.2) is 0 Å². The van der Waals surface area contributed by atoms with Gasteiger partial charge < -0.3 is 10.6 Å². The minimum atomic E-state index is -0.708. The molecule has 3 aromatic rings. The molecule has 0 radical (unpaired) electrons. The minimum Gasteiger partial charge on any atom is -0.354 e. The van der Waals surface area contributed by atoms with E-state index >= 15 is 0 Å². The van der Waals surface area contributed by atoms with Crippen molar-refractivity contribution in [3.8, 4) is 0 Å². The van der Waals surface area contributed by atoms with Crippen LogP contribution in [0.3, 0.4) is 0 Å². The van der Waals surface area contributed by atoms with Crippen molar-refractivity contribution in [1.82, 2.24) is 4.90 Å². The van der Waals surface area contributed by atoms with Crippen LogP contribution in [0.1, 0.15) is 39.1 Å². The van der Waals surface area contributed by atoms with E-state index in [9.17, 15) is 24.5 Å². The van der Waals surface area contributed by atoms with E-state index in [-0.39, 0.29) is 36.4 Å². The Morgan fingerprint density at radius 2 is 1.65 bits per heavy atom. The number of hydrogen-bond acceptors (Lipinski definition) is 6. The van der Waals surface area contributed by atoms with Crippen molar-refractivity contribution in [3.63, 3.8) is 0 Å². The normalized spacial score (nSPS) is 12.4. The number of benzene rings is 3. The second-order valence-corrected chi connectivity index (χ2v) is 7.91. The first-order valence-electron chi connectivity index (χ1n) is 10.7. The molecular weight excluding hydrogens is 436 g/mol. The molecule has 0 aliphatic carbocycles. The van der Waals surface area contributed by atoms with Crippen LogP contribution in [-0.2, 0) is 4.79 Å². The summed E-state index contributed by atoms with van der Waals surface area (Å²) < 4.78 is 0. The fraction of sp³-hybridized carbons (Fsp3) is 0.160. The number of amides is 3. The fourth-order valence-corrected chi connectivity index (χ4v) is 3.77. The zero-order chi connectivity index (χ0) is 24.2. The summed E-state index contributed by atoms with van der Waals surface area (Å²) in [6, 6.07) is 19.1. The molecule has 0 spiro atoms. The van der Waals surface area contributed by atoms with Crippen molar-refractivity contribution < 1.29 is 19.3 Å². The van der Waals surface area contributed by atoms with E-state index in [1.54, 1.807) is 6.07 Å². The van der Waals surface area contributed by atoms with E-state index in [0.29, 0.717) is 5.69 Å². The first-order chi connectivity index (χ1) is 16.3. The molecule has 0 bridgehead atoms. The molecule has 0 atom stereocenters. The Bertz CT molecular complexity index is 1290. The summed E-state index contributed by atoms with van der Waals surface area (Å²) in [5, 5.41) is 17.3. The van der Waals surface area contributed by atoms with Crippen LogP contribution in [-0.4, -0.2) is 34.1 Å². The highest BCUT2D eigenvalue weighted by molar-refractivity contribution is 6.23. The summed E-state index contributed by atoms with van der Waals surface area (Å²) in [5.41, 5.74) is 2.77. The number of carbonyl (C=O) groups is 3. The molecule has 2 N–H and O–H groups in total. The lowest BCUT2D eigenvalue weighted by atomic mass is 10.1. The lowest BCUT2D eigenvalue weighted by molar-refractivity contribution is -0.385. The van der Waals surface area contributed by atoms with Crippen molar-refractivity contribution in [1.29, 1.82) is 0 Å². The van der Waals surface area contributed by atoms with Gasteiger partial charge in [-0.25, -0.2) is 0 Å². The van der Waals surface area contributed by atoms with Crippen molar-refractivity contribution in [3.05, 3.63) is 93.5 Å². The third-order valence-electron chi connectivity index (χ3n) is 5.49. The van der Waals surface area contributed by atoms with Gasteiger partial charge in [-0.15, -0.1) is 0 Å². The molecule has 3 amide bonds. The minimum absolute atomic E-state index is 0.0137. The zero-order valence-electron chi connectivity index (χ0n) is 18.4. The van der Waals surface area contributed by atoms with Gasteiger partial charge in [-0.2, -0.15) is 0 Å². The van der Waals surface area contributed by atoms with Crippen LogP contribution >= 0.6 is 0 Å². The Balaban J connectivity index is 1.36. The number of rotatable bonds is 8. The second-order valence-electron chi connectivity index (χ2n) is 7.91. The molecule has 34 heavy (non-hydrogen) atoms. The molecule has 0 saturated carbocycles. The van der Waals surface area contributed by atoms with Crippen LogP contribution in [0.4, 0.5) is 22.7 Å². The topological polar surface area (TPSA) is 122 Å². The van der Waals surface area contributed by atoms with E-state index in [0.717, 1.165) is 21.8 Å². The Morgan fingerprint density at radius 3 is 2.35 bits per heavy atom. The van der Waals surface area contributed by atoms with Gasteiger partial charge in [0.05, 0.1) is 21.9 Å². The van der Waals surface area contributed by atoms with E-state index in [4.69, 9.17) is 0 Å². The Kier molecular flexibility index (Phi) is 6.35. The number of nitro groups is 1. The Hall–Kier alpha value is -4.53. The van der Waals surface area contributed by atoms with E-state index in [1.807, 2.05) is 49.4 Å². The van der Waals surface area contributed by atoms with Crippen LogP contribution < -0.4 is 10.6 Å². The van der Waals surface area contributed by atoms with Crippen molar-refractivity contribution in [2.45, 2.75) is 19.8 Å².